The lowest BCUT2D eigenvalue weighted by atomic mass is 9.79. The van der Waals surface area contributed by atoms with Crippen LogP contribution < -0.4 is 5.32 Å². The maximum atomic E-state index is 3.81. The summed E-state index contributed by atoms with van der Waals surface area (Å²) in [4.78, 5) is 3.99. The van der Waals surface area contributed by atoms with Gasteiger partial charge in [0.25, 0.3) is 0 Å². The van der Waals surface area contributed by atoms with Gasteiger partial charge in [0.15, 0.2) is 0 Å². The Morgan fingerprint density at radius 1 is 1.29 bits per heavy atom. The van der Waals surface area contributed by atoms with Crippen molar-refractivity contribution in [1.82, 2.24) is 10.2 Å². The molecule has 0 spiro atoms. The zero-order valence-electron chi connectivity index (χ0n) is 13.6. The van der Waals surface area contributed by atoms with E-state index in [1.54, 1.807) is 0 Å². The van der Waals surface area contributed by atoms with Gasteiger partial charge in [0.1, 0.15) is 0 Å². The van der Waals surface area contributed by atoms with Crippen LogP contribution in [-0.2, 0) is 6.42 Å². The lowest BCUT2D eigenvalue weighted by molar-refractivity contribution is 0.0811. The Bertz CT molecular complexity index is 422. The highest BCUT2D eigenvalue weighted by Crippen LogP contribution is 2.37. The van der Waals surface area contributed by atoms with Crippen LogP contribution in [0.25, 0.3) is 0 Å². The van der Waals surface area contributed by atoms with Gasteiger partial charge in [0.05, 0.1) is 0 Å². The normalized spacial score (nSPS) is 20.4. The molecular formula is C17H29BrN2S. The first-order chi connectivity index (χ1) is 10.1. The van der Waals surface area contributed by atoms with Crippen molar-refractivity contribution >= 4 is 27.3 Å². The van der Waals surface area contributed by atoms with Crippen LogP contribution in [0.4, 0.5) is 0 Å². The van der Waals surface area contributed by atoms with Crippen molar-refractivity contribution < 1.29 is 0 Å². The fraction of sp³-hybridized carbons (Fsp3) is 0.765. The summed E-state index contributed by atoms with van der Waals surface area (Å²) in [6, 6.07) is 2.71. The van der Waals surface area contributed by atoms with Gasteiger partial charge in [-0.15, -0.1) is 11.3 Å². The summed E-state index contributed by atoms with van der Waals surface area (Å²) in [7, 11) is 4.55. The average molecular weight is 373 g/mol. The molecule has 0 aromatic carbocycles. The number of hydrogen-bond acceptors (Lipinski definition) is 3. The van der Waals surface area contributed by atoms with E-state index < -0.39 is 0 Å². The highest BCUT2D eigenvalue weighted by Gasteiger charge is 2.40. The smallest absolute Gasteiger partial charge is 0.0359 e. The van der Waals surface area contributed by atoms with Gasteiger partial charge in [0.2, 0.25) is 0 Å². The molecule has 1 aromatic heterocycles. The van der Waals surface area contributed by atoms with Crippen LogP contribution in [0.5, 0.6) is 0 Å². The van der Waals surface area contributed by atoms with E-state index in [-0.39, 0.29) is 0 Å². The molecule has 1 unspecified atom stereocenters. The largest absolute Gasteiger partial charge is 0.312 e. The molecule has 0 aliphatic heterocycles. The minimum atomic E-state index is 0.302. The van der Waals surface area contributed by atoms with Crippen LogP contribution in [0, 0.1) is 0 Å². The van der Waals surface area contributed by atoms with Crippen molar-refractivity contribution in [3.63, 3.8) is 0 Å². The summed E-state index contributed by atoms with van der Waals surface area (Å²) in [6.45, 7) is 3.28. The zero-order chi connectivity index (χ0) is 15.3. The molecule has 120 valence electrons. The first-order valence-electron chi connectivity index (χ1n) is 8.23. The van der Waals surface area contributed by atoms with E-state index in [1.165, 1.54) is 47.9 Å². The third kappa shape index (κ3) is 4.10. The molecular weight excluding hydrogens is 344 g/mol. The SMILES string of the molecule is CCNC(Cc1sccc1Br)C1(N(C)C)CCCCCC1. The van der Waals surface area contributed by atoms with Crippen molar-refractivity contribution in [3.05, 3.63) is 20.8 Å². The fourth-order valence-corrected chi connectivity index (χ4v) is 5.36. The molecule has 1 fully saturated rings. The number of likely N-dealkylation sites (N-methyl/N-ethyl adjacent to an activating group) is 2. The van der Waals surface area contributed by atoms with Crippen molar-refractivity contribution in [2.45, 2.75) is 63.5 Å². The lowest BCUT2D eigenvalue weighted by Gasteiger charge is -2.46. The minimum absolute atomic E-state index is 0.302. The molecule has 0 bridgehead atoms. The zero-order valence-corrected chi connectivity index (χ0v) is 16.0. The van der Waals surface area contributed by atoms with E-state index in [1.807, 2.05) is 11.3 Å². The molecule has 1 aliphatic carbocycles. The quantitative estimate of drug-likeness (QED) is 0.728. The van der Waals surface area contributed by atoms with Gasteiger partial charge >= 0.3 is 0 Å². The molecule has 0 saturated heterocycles. The molecule has 0 radical (unpaired) electrons. The monoisotopic (exact) mass is 372 g/mol. The Balaban J connectivity index is 2.25. The predicted molar refractivity (Wildman–Crippen MR) is 97.3 cm³/mol. The molecule has 1 atom stereocenters. The average Bonchev–Trinajstić information content (AvgIpc) is 2.72. The van der Waals surface area contributed by atoms with E-state index >= 15 is 0 Å². The number of nitrogens with one attached hydrogen (secondary N) is 1. The second-order valence-electron chi connectivity index (χ2n) is 6.42. The molecule has 1 N–H and O–H groups in total. The molecule has 1 heterocycles. The Labute approximate surface area is 142 Å². The van der Waals surface area contributed by atoms with Crippen LogP contribution in [-0.4, -0.2) is 37.1 Å². The standard InChI is InChI=1S/C17H29BrN2S/c1-4-19-16(13-15-14(18)9-12-21-15)17(20(2)3)10-7-5-6-8-11-17/h9,12,16,19H,4-8,10-11,13H2,1-3H3. The summed E-state index contributed by atoms with van der Waals surface area (Å²) >= 11 is 5.59. The Kier molecular flexibility index (Phi) is 6.73. The maximum Gasteiger partial charge on any atom is 0.0359 e. The minimum Gasteiger partial charge on any atom is -0.312 e. The number of rotatable bonds is 6. The summed E-state index contributed by atoms with van der Waals surface area (Å²) in [5, 5.41) is 6.00. The Hall–Kier alpha value is 0.1000. The Morgan fingerprint density at radius 3 is 2.43 bits per heavy atom. The van der Waals surface area contributed by atoms with Gasteiger partial charge in [-0.3, -0.25) is 0 Å². The van der Waals surface area contributed by atoms with Gasteiger partial charge in [-0.2, -0.15) is 0 Å². The van der Waals surface area contributed by atoms with E-state index in [0.717, 1.165) is 13.0 Å². The predicted octanol–water partition coefficient (Wildman–Crippen LogP) is 4.69. The molecule has 2 rings (SSSR count). The van der Waals surface area contributed by atoms with Crippen LogP contribution in [0.3, 0.4) is 0 Å². The van der Waals surface area contributed by atoms with E-state index in [2.05, 4.69) is 58.6 Å². The van der Waals surface area contributed by atoms with Crippen LogP contribution in [0.1, 0.15) is 50.3 Å². The second-order valence-corrected chi connectivity index (χ2v) is 8.27. The van der Waals surface area contributed by atoms with Crippen LogP contribution >= 0.6 is 27.3 Å². The van der Waals surface area contributed by atoms with Gasteiger partial charge in [-0.25, -0.2) is 0 Å². The van der Waals surface area contributed by atoms with Crippen molar-refractivity contribution in [2.24, 2.45) is 0 Å². The second kappa shape index (κ2) is 8.09. The fourth-order valence-electron chi connectivity index (χ4n) is 3.80. The van der Waals surface area contributed by atoms with E-state index in [0.29, 0.717) is 11.6 Å². The molecule has 1 aliphatic rings. The number of hydrogen-bond donors (Lipinski definition) is 1. The maximum absolute atomic E-state index is 3.81. The third-order valence-corrected chi connectivity index (χ3v) is 6.99. The molecule has 2 nitrogen and oxygen atoms in total. The topological polar surface area (TPSA) is 15.3 Å². The molecule has 4 heteroatoms. The molecule has 21 heavy (non-hydrogen) atoms. The molecule has 0 amide bonds. The lowest BCUT2D eigenvalue weighted by Crippen LogP contribution is -2.59. The van der Waals surface area contributed by atoms with Crippen molar-refractivity contribution in [3.8, 4) is 0 Å². The summed E-state index contributed by atoms with van der Waals surface area (Å²) in [5.74, 6) is 0. The number of thiophene rings is 1. The van der Waals surface area contributed by atoms with Crippen LogP contribution in [0.15, 0.2) is 15.9 Å². The highest BCUT2D eigenvalue weighted by atomic mass is 79.9. The van der Waals surface area contributed by atoms with Crippen molar-refractivity contribution in [1.29, 1.82) is 0 Å². The highest BCUT2D eigenvalue weighted by molar-refractivity contribution is 9.10. The van der Waals surface area contributed by atoms with Crippen molar-refractivity contribution in [2.75, 3.05) is 20.6 Å². The third-order valence-electron chi connectivity index (χ3n) is 5.04. The first kappa shape index (κ1) is 17.5. The number of nitrogens with zero attached hydrogens (tertiary/aromatic N) is 1. The molecule has 1 aromatic rings. The van der Waals surface area contributed by atoms with Gasteiger partial charge in [0, 0.05) is 27.4 Å². The van der Waals surface area contributed by atoms with Gasteiger partial charge < -0.3 is 10.2 Å². The van der Waals surface area contributed by atoms with Gasteiger partial charge in [-0.1, -0.05) is 32.6 Å². The van der Waals surface area contributed by atoms with Crippen LogP contribution in [0.2, 0.25) is 0 Å². The van der Waals surface area contributed by atoms with E-state index in [4.69, 9.17) is 0 Å². The summed E-state index contributed by atoms with van der Waals surface area (Å²) in [6.07, 6.45) is 9.30. The Morgan fingerprint density at radius 2 is 1.95 bits per heavy atom. The summed E-state index contributed by atoms with van der Waals surface area (Å²) < 4.78 is 1.28. The first-order valence-corrected chi connectivity index (χ1v) is 9.90. The number of halogens is 1. The van der Waals surface area contributed by atoms with Gasteiger partial charge in [-0.05, 0) is 60.9 Å². The summed E-state index contributed by atoms with van der Waals surface area (Å²) in [5.41, 5.74) is 0.302. The van der Waals surface area contributed by atoms with E-state index in [9.17, 15) is 0 Å². The molecule has 1 saturated carbocycles.